The predicted molar refractivity (Wildman–Crippen MR) is 55.1 cm³/mol. The van der Waals surface area contributed by atoms with Crippen LogP contribution in [0.2, 0.25) is 0 Å². The summed E-state index contributed by atoms with van der Waals surface area (Å²) in [6.07, 6.45) is -4.53. The van der Waals surface area contributed by atoms with Crippen molar-refractivity contribution in [1.82, 2.24) is 10.2 Å². The quantitative estimate of drug-likeness (QED) is 0.829. The van der Waals surface area contributed by atoms with Gasteiger partial charge in [-0.1, -0.05) is 20.8 Å². The molecule has 17 heavy (non-hydrogen) atoms. The normalized spacial score (nSPS) is 12.4. The summed E-state index contributed by atoms with van der Waals surface area (Å²) in [7, 11) is 0. The molecule has 0 aromatic carbocycles. The Balaban J connectivity index is 2.80. The Kier molecular flexibility index (Phi) is 3.40. The zero-order valence-electron chi connectivity index (χ0n) is 9.59. The second kappa shape index (κ2) is 4.31. The number of rotatable bonds is 1. The van der Waals surface area contributed by atoms with Gasteiger partial charge in [-0.25, -0.2) is 0 Å². The molecular formula is C10H12F3N3O. The van der Waals surface area contributed by atoms with Gasteiger partial charge in [0.1, 0.15) is 0 Å². The molecule has 0 saturated heterocycles. The Morgan fingerprint density at radius 3 is 2.12 bits per heavy atom. The first-order valence-corrected chi connectivity index (χ1v) is 4.83. The van der Waals surface area contributed by atoms with Crippen LogP contribution in [-0.2, 0) is 11.0 Å². The molecule has 1 aromatic rings. The molecule has 1 amide bonds. The molecule has 0 saturated carbocycles. The van der Waals surface area contributed by atoms with Crippen molar-refractivity contribution in [3.05, 3.63) is 17.8 Å². The van der Waals surface area contributed by atoms with Crippen LogP contribution in [0.25, 0.3) is 0 Å². The molecule has 0 aliphatic heterocycles. The van der Waals surface area contributed by atoms with Crippen LogP contribution in [-0.4, -0.2) is 16.1 Å². The molecule has 1 aromatic heterocycles. The lowest BCUT2D eigenvalue weighted by molar-refractivity contribution is -0.141. The largest absolute Gasteiger partial charge is 0.435 e. The summed E-state index contributed by atoms with van der Waals surface area (Å²) in [6.45, 7) is 5.04. The minimum absolute atomic E-state index is 0.00192. The first kappa shape index (κ1) is 13.4. The Hall–Kier alpha value is -1.66. The number of aromatic nitrogens is 2. The van der Waals surface area contributed by atoms with Crippen LogP contribution in [0.3, 0.4) is 0 Å². The molecule has 0 aliphatic rings. The summed E-state index contributed by atoms with van der Waals surface area (Å²) in [5, 5.41) is 8.67. The van der Waals surface area contributed by atoms with Gasteiger partial charge in [0.05, 0.1) is 0 Å². The molecule has 1 heterocycles. The summed E-state index contributed by atoms with van der Waals surface area (Å²) < 4.78 is 36.5. The average Bonchev–Trinajstić information content (AvgIpc) is 2.15. The van der Waals surface area contributed by atoms with E-state index < -0.39 is 17.3 Å². The third-order valence-corrected chi connectivity index (χ3v) is 1.88. The maximum absolute atomic E-state index is 12.2. The van der Waals surface area contributed by atoms with Crippen molar-refractivity contribution in [1.29, 1.82) is 0 Å². The summed E-state index contributed by atoms with van der Waals surface area (Å²) in [5.74, 6) is -0.343. The lowest BCUT2D eigenvalue weighted by atomic mass is 9.96. The minimum Gasteiger partial charge on any atom is -0.309 e. The minimum atomic E-state index is -4.53. The molecule has 7 heteroatoms. The van der Waals surface area contributed by atoms with Crippen LogP contribution >= 0.6 is 0 Å². The molecule has 4 nitrogen and oxygen atoms in total. The third kappa shape index (κ3) is 3.69. The molecule has 94 valence electrons. The molecule has 0 atom stereocenters. The number of amides is 1. The second-order valence-electron chi connectivity index (χ2n) is 4.51. The fourth-order valence-corrected chi connectivity index (χ4v) is 0.854. The summed E-state index contributed by atoms with van der Waals surface area (Å²) in [5.41, 5.74) is -1.74. The number of alkyl halides is 3. The van der Waals surface area contributed by atoms with Gasteiger partial charge in [0, 0.05) is 5.41 Å². The summed E-state index contributed by atoms with van der Waals surface area (Å²) >= 11 is 0. The van der Waals surface area contributed by atoms with Gasteiger partial charge >= 0.3 is 6.18 Å². The van der Waals surface area contributed by atoms with Gasteiger partial charge in [0.25, 0.3) is 0 Å². The maximum atomic E-state index is 12.2. The molecular weight excluding hydrogens is 235 g/mol. The van der Waals surface area contributed by atoms with E-state index >= 15 is 0 Å². The number of hydrogen-bond donors (Lipinski definition) is 1. The van der Waals surface area contributed by atoms with Gasteiger partial charge in [0.15, 0.2) is 11.5 Å². The Morgan fingerprint density at radius 1 is 1.18 bits per heavy atom. The van der Waals surface area contributed by atoms with Gasteiger partial charge in [-0.3, -0.25) is 4.79 Å². The van der Waals surface area contributed by atoms with Crippen LogP contribution < -0.4 is 5.32 Å². The van der Waals surface area contributed by atoms with Crippen molar-refractivity contribution in [2.75, 3.05) is 5.32 Å². The molecule has 0 spiro atoms. The Labute approximate surface area is 96.2 Å². The average molecular weight is 247 g/mol. The van der Waals surface area contributed by atoms with E-state index in [1.165, 1.54) is 0 Å². The summed E-state index contributed by atoms with van der Waals surface area (Å²) in [6, 6.07) is 1.84. The van der Waals surface area contributed by atoms with Crippen molar-refractivity contribution >= 4 is 11.7 Å². The van der Waals surface area contributed by atoms with E-state index in [0.717, 1.165) is 12.1 Å². The highest BCUT2D eigenvalue weighted by atomic mass is 19.4. The molecule has 0 aliphatic carbocycles. The highest BCUT2D eigenvalue weighted by molar-refractivity contribution is 5.93. The maximum Gasteiger partial charge on any atom is 0.435 e. The molecule has 1 N–H and O–H groups in total. The smallest absolute Gasteiger partial charge is 0.309 e. The number of carbonyl (C=O) groups is 1. The van der Waals surface area contributed by atoms with Crippen LogP contribution in [0.4, 0.5) is 19.0 Å². The fourth-order valence-electron chi connectivity index (χ4n) is 0.854. The van der Waals surface area contributed by atoms with E-state index in [2.05, 4.69) is 15.5 Å². The van der Waals surface area contributed by atoms with E-state index in [-0.39, 0.29) is 11.7 Å². The van der Waals surface area contributed by atoms with Crippen LogP contribution in [0.15, 0.2) is 12.1 Å². The number of nitrogens with one attached hydrogen (secondary N) is 1. The van der Waals surface area contributed by atoms with Crippen LogP contribution in [0.1, 0.15) is 26.5 Å². The van der Waals surface area contributed by atoms with E-state index in [0.29, 0.717) is 0 Å². The number of nitrogens with zero attached hydrogens (tertiary/aromatic N) is 2. The highest BCUT2D eigenvalue weighted by Gasteiger charge is 2.33. The molecule has 0 bridgehead atoms. The van der Waals surface area contributed by atoms with E-state index in [9.17, 15) is 18.0 Å². The number of halogens is 3. The van der Waals surface area contributed by atoms with Crippen LogP contribution in [0.5, 0.6) is 0 Å². The lowest BCUT2D eigenvalue weighted by Gasteiger charge is -2.16. The standard InChI is InChI=1S/C10H12F3N3O/c1-9(2,3)8(17)14-7-5-4-6(15-16-7)10(11,12)13/h4-5H,1-3H3,(H,14,16,17). The SMILES string of the molecule is CC(C)(C)C(=O)Nc1ccc(C(F)(F)F)nn1. The number of anilines is 1. The third-order valence-electron chi connectivity index (χ3n) is 1.88. The zero-order valence-corrected chi connectivity index (χ0v) is 9.59. The van der Waals surface area contributed by atoms with Crippen molar-refractivity contribution in [2.24, 2.45) is 5.41 Å². The predicted octanol–water partition coefficient (Wildman–Crippen LogP) is 2.48. The number of hydrogen-bond acceptors (Lipinski definition) is 3. The monoisotopic (exact) mass is 247 g/mol. The van der Waals surface area contributed by atoms with Gasteiger partial charge in [0.2, 0.25) is 5.91 Å². The highest BCUT2D eigenvalue weighted by Crippen LogP contribution is 2.27. The molecule has 0 unspecified atom stereocenters. The van der Waals surface area contributed by atoms with E-state index in [4.69, 9.17) is 0 Å². The molecule has 1 rings (SSSR count). The van der Waals surface area contributed by atoms with Gasteiger partial charge in [-0.05, 0) is 12.1 Å². The van der Waals surface area contributed by atoms with Gasteiger partial charge in [-0.2, -0.15) is 13.2 Å². The fraction of sp³-hybridized carbons (Fsp3) is 0.500. The van der Waals surface area contributed by atoms with Crippen molar-refractivity contribution < 1.29 is 18.0 Å². The first-order valence-electron chi connectivity index (χ1n) is 4.83. The Morgan fingerprint density at radius 2 is 1.76 bits per heavy atom. The van der Waals surface area contributed by atoms with Crippen LogP contribution in [0, 0.1) is 5.41 Å². The summed E-state index contributed by atoms with van der Waals surface area (Å²) in [4.78, 5) is 11.5. The molecule has 0 fully saturated rings. The van der Waals surface area contributed by atoms with Crippen molar-refractivity contribution in [3.8, 4) is 0 Å². The second-order valence-corrected chi connectivity index (χ2v) is 4.51. The Bertz CT molecular complexity index is 406. The van der Waals surface area contributed by atoms with Gasteiger partial charge in [-0.15, -0.1) is 10.2 Å². The van der Waals surface area contributed by atoms with Gasteiger partial charge < -0.3 is 5.32 Å². The van der Waals surface area contributed by atoms with Crippen molar-refractivity contribution in [2.45, 2.75) is 26.9 Å². The number of carbonyl (C=O) groups excluding carboxylic acids is 1. The van der Waals surface area contributed by atoms with Crippen molar-refractivity contribution in [3.63, 3.8) is 0 Å². The molecule has 0 radical (unpaired) electrons. The van der Waals surface area contributed by atoms with E-state index in [1.807, 2.05) is 0 Å². The zero-order chi connectivity index (χ0) is 13.3. The topological polar surface area (TPSA) is 54.9 Å². The van der Waals surface area contributed by atoms with E-state index in [1.54, 1.807) is 20.8 Å². The first-order chi connectivity index (χ1) is 7.60. The lowest BCUT2D eigenvalue weighted by Crippen LogP contribution is -2.28.